The van der Waals surface area contributed by atoms with Gasteiger partial charge in [0.1, 0.15) is 23.1 Å². The molecule has 1 aliphatic rings. The number of rotatable bonds is 5. The number of thiocarbonyl (C=S) groups is 1. The monoisotopic (exact) mass is 474 g/mol. The molecule has 0 aliphatic carbocycles. The van der Waals surface area contributed by atoms with E-state index in [1.54, 1.807) is 30.1 Å². The minimum Gasteiger partial charge on any atom is -0.457 e. The predicted molar refractivity (Wildman–Crippen MR) is 128 cm³/mol. The highest BCUT2D eigenvalue weighted by atomic mass is 32.1. The van der Waals surface area contributed by atoms with Crippen LogP contribution in [0.5, 0.6) is 11.5 Å². The maximum Gasteiger partial charge on any atom is 0.323 e. The highest BCUT2D eigenvalue weighted by Gasteiger charge is 2.24. The number of nitrogens with one attached hydrogen (secondary N) is 3. The summed E-state index contributed by atoms with van der Waals surface area (Å²) in [6.07, 6.45) is 3.34. The van der Waals surface area contributed by atoms with Gasteiger partial charge in [0, 0.05) is 38.3 Å². The summed E-state index contributed by atoms with van der Waals surface area (Å²) in [6, 6.07) is 7.28. The summed E-state index contributed by atoms with van der Waals surface area (Å²) in [7, 11) is 3.85. The lowest BCUT2D eigenvalue weighted by molar-refractivity contribution is -0.117. The van der Waals surface area contributed by atoms with Crippen molar-refractivity contribution in [2.24, 2.45) is 0 Å². The van der Waals surface area contributed by atoms with Crippen LogP contribution in [0, 0.1) is 5.82 Å². The first-order chi connectivity index (χ1) is 15.7. The van der Waals surface area contributed by atoms with Crippen LogP contribution in [0.4, 0.5) is 20.7 Å². The highest BCUT2D eigenvalue weighted by molar-refractivity contribution is 7.80. The number of amides is 3. The third-order valence-electron chi connectivity index (χ3n) is 5.24. The molecule has 1 saturated heterocycles. The second-order valence-electron chi connectivity index (χ2n) is 7.83. The molecule has 3 amide bonds. The molecular formula is C22H27FN6O3S. The molecule has 1 aliphatic heterocycles. The number of piperidine rings is 1. The Bertz CT molecular complexity index is 1030. The van der Waals surface area contributed by atoms with Crippen molar-refractivity contribution < 1.29 is 18.7 Å². The number of nitrogens with zero attached hydrogens (tertiary/aromatic N) is 3. The van der Waals surface area contributed by atoms with Crippen LogP contribution >= 0.6 is 12.2 Å². The van der Waals surface area contributed by atoms with E-state index in [0.717, 1.165) is 25.9 Å². The van der Waals surface area contributed by atoms with Gasteiger partial charge in [0.2, 0.25) is 5.91 Å². The fourth-order valence-corrected chi connectivity index (χ4v) is 3.65. The van der Waals surface area contributed by atoms with Gasteiger partial charge in [-0.25, -0.2) is 14.2 Å². The minimum atomic E-state index is -0.609. The van der Waals surface area contributed by atoms with E-state index in [-0.39, 0.29) is 34.5 Å². The van der Waals surface area contributed by atoms with Crippen LogP contribution in [0.1, 0.15) is 19.8 Å². The van der Waals surface area contributed by atoms with Gasteiger partial charge in [0.25, 0.3) is 0 Å². The van der Waals surface area contributed by atoms with E-state index in [9.17, 15) is 14.0 Å². The number of carbonyl (C=O) groups excluding carboxylic acids is 2. The summed E-state index contributed by atoms with van der Waals surface area (Å²) in [6.45, 7) is 3.21. The molecule has 11 heteroatoms. The number of benzene rings is 1. The molecule has 0 radical (unpaired) electrons. The maximum atomic E-state index is 14.4. The van der Waals surface area contributed by atoms with Crippen LogP contribution in [-0.4, -0.2) is 65.1 Å². The molecule has 1 fully saturated rings. The number of likely N-dealkylation sites (tertiary alicyclic amines) is 1. The zero-order chi connectivity index (χ0) is 24.0. The molecule has 0 spiro atoms. The van der Waals surface area contributed by atoms with Crippen LogP contribution in [0.25, 0.3) is 0 Å². The lowest BCUT2D eigenvalue weighted by Crippen LogP contribution is -2.46. The topological polar surface area (TPSA) is 98.8 Å². The molecule has 0 bridgehead atoms. The number of ether oxygens (including phenoxy) is 1. The first kappa shape index (κ1) is 24.3. The van der Waals surface area contributed by atoms with Crippen molar-refractivity contribution in [1.29, 1.82) is 0 Å². The Hall–Kier alpha value is -3.31. The number of carbonyl (C=O) groups is 2. The Morgan fingerprint density at radius 2 is 1.88 bits per heavy atom. The number of anilines is 2. The van der Waals surface area contributed by atoms with Gasteiger partial charge >= 0.3 is 6.03 Å². The van der Waals surface area contributed by atoms with Gasteiger partial charge in [-0.15, -0.1) is 0 Å². The van der Waals surface area contributed by atoms with Crippen molar-refractivity contribution in [3.8, 4) is 11.5 Å². The summed E-state index contributed by atoms with van der Waals surface area (Å²) >= 11 is 4.94. The Morgan fingerprint density at radius 1 is 1.18 bits per heavy atom. The zero-order valence-electron chi connectivity index (χ0n) is 18.7. The first-order valence-electron chi connectivity index (χ1n) is 10.5. The molecule has 0 saturated carbocycles. The van der Waals surface area contributed by atoms with Crippen LogP contribution in [0.3, 0.4) is 0 Å². The minimum absolute atomic E-state index is 0.00481. The van der Waals surface area contributed by atoms with E-state index in [4.69, 9.17) is 17.0 Å². The predicted octanol–water partition coefficient (Wildman–Crippen LogP) is 3.40. The molecule has 0 atom stereocenters. The molecular weight excluding hydrogens is 447 g/mol. The molecule has 33 heavy (non-hydrogen) atoms. The zero-order valence-corrected chi connectivity index (χ0v) is 19.5. The van der Waals surface area contributed by atoms with Gasteiger partial charge in [-0.1, -0.05) is 0 Å². The smallest absolute Gasteiger partial charge is 0.323 e. The highest BCUT2D eigenvalue weighted by Crippen LogP contribution is 2.27. The van der Waals surface area contributed by atoms with Crippen LogP contribution in [-0.2, 0) is 4.79 Å². The number of halogens is 1. The summed E-state index contributed by atoms with van der Waals surface area (Å²) < 4.78 is 20.1. The van der Waals surface area contributed by atoms with Crippen molar-refractivity contribution in [3.63, 3.8) is 0 Å². The van der Waals surface area contributed by atoms with E-state index in [0.29, 0.717) is 11.6 Å². The average Bonchev–Trinajstić information content (AvgIpc) is 2.75. The largest absolute Gasteiger partial charge is 0.457 e. The Morgan fingerprint density at radius 3 is 2.55 bits per heavy atom. The summed E-state index contributed by atoms with van der Waals surface area (Å²) in [5.74, 6) is -0.00301. The Balaban J connectivity index is 1.60. The van der Waals surface area contributed by atoms with Gasteiger partial charge in [0.15, 0.2) is 5.11 Å². The number of urea groups is 1. The summed E-state index contributed by atoms with van der Waals surface area (Å²) in [4.78, 5) is 31.8. The van der Waals surface area contributed by atoms with E-state index in [1.165, 1.54) is 25.3 Å². The van der Waals surface area contributed by atoms with E-state index in [1.807, 2.05) is 0 Å². The van der Waals surface area contributed by atoms with Crippen LogP contribution < -0.4 is 20.7 Å². The second kappa shape index (κ2) is 11.0. The van der Waals surface area contributed by atoms with Crippen molar-refractivity contribution in [2.75, 3.05) is 37.8 Å². The molecule has 2 heterocycles. The normalized spacial score (nSPS) is 14.3. The second-order valence-corrected chi connectivity index (χ2v) is 8.24. The quantitative estimate of drug-likeness (QED) is 0.571. The van der Waals surface area contributed by atoms with Gasteiger partial charge in [-0.05, 0) is 63.4 Å². The van der Waals surface area contributed by atoms with Gasteiger partial charge in [-0.2, -0.15) is 0 Å². The number of hydrogen-bond donors (Lipinski definition) is 3. The van der Waals surface area contributed by atoms with Crippen molar-refractivity contribution >= 4 is 40.8 Å². The van der Waals surface area contributed by atoms with E-state index < -0.39 is 5.82 Å². The summed E-state index contributed by atoms with van der Waals surface area (Å²) in [5.41, 5.74) is 0.0979. The lowest BCUT2D eigenvalue weighted by atomic mass is 10.0. The van der Waals surface area contributed by atoms with Crippen LogP contribution in [0.2, 0.25) is 0 Å². The number of aromatic nitrogens is 1. The molecule has 176 valence electrons. The fraction of sp³-hybridized carbons (Fsp3) is 0.364. The van der Waals surface area contributed by atoms with E-state index >= 15 is 0 Å². The summed E-state index contributed by atoms with van der Waals surface area (Å²) in [5, 5.41) is 7.75. The van der Waals surface area contributed by atoms with Crippen molar-refractivity contribution in [2.45, 2.75) is 25.8 Å². The third kappa shape index (κ3) is 7.09. The van der Waals surface area contributed by atoms with Gasteiger partial charge < -0.3 is 25.2 Å². The number of pyridine rings is 1. The molecule has 3 N–H and O–H groups in total. The molecule has 0 unspecified atom stereocenters. The molecule has 1 aromatic carbocycles. The van der Waals surface area contributed by atoms with Gasteiger partial charge in [-0.3, -0.25) is 10.1 Å². The Labute approximate surface area is 197 Å². The fourth-order valence-electron chi connectivity index (χ4n) is 3.40. The van der Waals surface area contributed by atoms with Crippen molar-refractivity contribution in [3.05, 3.63) is 42.3 Å². The van der Waals surface area contributed by atoms with Gasteiger partial charge in [0.05, 0.1) is 5.69 Å². The standard InChI is InChI=1S/C22H27FN6O3S/c1-14(30)25-21(33)26-19-5-4-16(12-18(19)23)32-17-6-9-24-20(13-17)27-22(31)29(3)15-7-10-28(2)11-8-15/h4-6,9,12-13,15H,7-8,10-11H2,1-3H3,(H,24,27,31)(H2,25,26,30,33). The van der Waals surface area contributed by atoms with Crippen molar-refractivity contribution in [1.82, 2.24) is 20.1 Å². The van der Waals surface area contributed by atoms with E-state index in [2.05, 4.69) is 32.9 Å². The molecule has 9 nitrogen and oxygen atoms in total. The number of hydrogen-bond acceptors (Lipinski definition) is 6. The molecule has 3 rings (SSSR count). The average molecular weight is 475 g/mol. The molecule has 1 aromatic heterocycles. The first-order valence-corrected chi connectivity index (χ1v) is 10.9. The maximum absolute atomic E-state index is 14.4. The third-order valence-corrected chi connectivity index (χ3v) is 5.44. The lowest BCUT2D eigenvalue weighted by Gasteiger charge is -2.34. The molecule has 2 aromatic rings. The van der Waals surface area contributed by atoms with Crippen LogP contribution in [0.15, 0.2) is 36.5 Å². The SMILES string of the molecule is CC(=O)NC(=S)Nc1ccc(Oc2ccnc(NC(=O)N(C)C3CCN(C)CC3)c2)cc1F. The Kier molecular flexibility index (Phi) is 8.12.